The molecule has 0 amide bonds. The van der Waals surface area contributed by atoms with Gasteiger partial charge in [0.1, 0.15) is 3.26 Å². The number of hydrogen-bond acceptors (Lipinski definition) is 3. The van der Waals surface area contributed by atoms with Gasteiger partial charge in [-0.2, -0.15) is 0 Å². The monoisotopic (exact) mass is 275 g/mol. The van der Waals surface area contributed by atoms with Crippen molar-refractivity contribution in [2.75, 3.05) is 25.9 Å². The number of sulfone groups is 1. The summed E-state index contributed by atoms with van der Waals surface area (Å²) in [6.07, 6.45) is 0. The first-order valence-electron chi connectivity index (χ1n) is 3.06. The molecule has 1 rings (SSSR count). The second-order valence-corrected chi connectivity index (χ2v) is 7.19. The Kier molecular flexibility index (Phi) is 2.57. The van der Waals surface area contributed by atoms with Gasteiger partial charge in [0.2, 0.25) is 0 Å². The van der Waals surface area contributed by atoms with Gasteiger partial charge in [0, 0.05) is 13.1 Å². The summed E-state index contributed by atoms with van der Waals surface area (Å²) in [4.78, 5) is 2.04. The van der Waals surface area contributed by atoms with Crippen molar-refractivity contribution in [2.24, 2.45) is 0 Å². The van der Waals surface area contributed by atoms with Crippen molar-refractivity contribution < 1.29 is 8.42 Å². The molecule has 0 spiro atoms. The fourth-order valence-electron chi connectivity index (χ4n) is 0.861. The van der Waals surface area contributed by atoms with E-state index in [1.807, 2.05) is 34.5 Å². The van der Waals surface area contributed by atoms with E-state index in [1.54, 1.807) is 0 Å². The average Bonchev–Trinajstić information content (AvgIpc) is 1.81. The quantitative estimate of drug-likeness (QED) is 0.465. The Labute approximate surface area is 74.8 Å². The maximum Gasteiger partial charge on any atom is 0.164 e. The Hall–Kier alpha value is 0.640. The average molecular weight is 275 g/mol. The van der Waals surface area contributed by atoms with Crippen LogP contribution in [0.3, 0.4) is 0 Å². The van der Waals surface area contributed by atoms with E-state index in [-0.39, 0.29) is 3.26 Å². The van der Waals surface area contributed by atoms with Crippen LogP contribution in [0, 0.1) is 0 Å². The highest BCUT2D eigenvalue weighted by Gasteiger charge is 2.28. The van der Waals surface area contributed by atoms with Crippen molar-refractivity contribution in [2.45, 2.75) is 3.26 Å². The molecule has 0 saturated carbocycles. The van der Waals surface area contributed by atoms with Crippen LogP contribution in [0.25, 0.3) is 0 Å². The molecule has 1 aliphatic rings. The van der Waals surface area contributed by atoms with E-state index >= 15 is 0 Å². The third-order valence-corrected chi connectivity index (χ3v) is 6.00. The van der Waals surface area contributed by atoms with E-state index in [4.69, 9.17) is 0 Å². The topological polar surface area (TPSA) is 37.4 Å². The molecule has 5 heteroatoms. The summed E-state index contributed by atoms with van der Waals surface area (Å²) in [6.45, 7) is 1.35. The third-order valence-electron chi connectivity index (χ3n) is 1.60. The maximum absolute atomic E-state index is 11.1. The Morgan fingerprint density at radius 3 is 2.60 bits per heavy atom. The Bertz CT molecular complexity index is 214. The van der Waals surface area contributed by atoms with E-state index < -0.39 is 9.84 Å². The zero-order valence-corrected chi connectivity index (χ0v) is 8.72. The van der Waals surface area contributed by atoms with Crippen molar-refractivity contribution in [3.05, 3.63) is 0 Å². The molecule has 1 heterocycles. The first-order valence-corrected chi connectivity index (χ1v) is 6.02. The largest absolute Gasteiger partial charge is 0.303 e. The summed E-state index contributed by atoms with van der Waals surface area (Å²) in [5.41, 5.74) is 0. The first kappa shape index (κ1) is 8.73. The molecular formula is C5H10INO2S. The van der Waals surface area contributed by atoms with Crippen molar-refractivity contribution in [1.29, 1.82) is 0 Å². The van der Waals surface area contributed by atoms with Crippen molar-refractivity contribution in [1.82, 2.24) is 4.90 Å². The number of nitrogens with zero attached hydrogens (tertiary/aromatic N) is 1. The molecular weight excluding hydrogens is 265 g/mol. The van der Waals surface area contributed by atoms with Gasteiger partial charge < -0.3 is 4.90 Å². The summed E-state index contributed by atoms with van der Waals surface area (Å²) in [6, 6.07) is 0. The fourth-order valence-corrected chi connectivity index (χ4v) is 3.60. The van der Waals surface area contributed by atoms with E-state index in [9.17, 15) is 8.42 Å². The van der Waals surface area contributed by atoms with Crippen LogP contribution >= 0.6 is 22.6 Å². The molecule has 0 aromatic carbocycles. The molecule has 1 aliphatic heterocycles. The Morgan fingerprint density at radius 1 is 1.60 bits per heavy atom. The van der Waals surface area contributed by atoms with Gasteiger partial charge >= 0.3 is 0 Å². The van der Waals surface area contributed by atoms with Crippen LogP contribution in [-0.4, -0.2) is 42.5 Å². The fraction of sp³-hybridized carbons (Fsp3) is 1.00. The molecule has 60 valence electrons. The summed E-state index contributed by atoms with van der Waals surface area (Å²) in [7, 11) is -0.805. The zero-order valence-electron chi connectivity index (χ0n) is 5.75. The van der Waals surface area contributed by atoms with Gasteiger partial charge in [-0.05, 0) is 7.05 Å². The Morgan fingerprint density at radius 2 is 2.20 bits per heavy atom. The molecule has 3 nitrogen and oxygen atoms in total. The van der Waals surface area contributed by atoms with Crippen LogP contribution in [0.1, 0.15) is 0 Å². The third kappa shape index (κ3) is 1.82. The van der Waals surface area contributed by atoms with Crippen molar-refractivity contribution >= 4 is 32.4 Å². The zero-order chi connectivity index (χ0) is 7.78. The minimum atomic E-state index is -2.75. The minimum absolute atomic E-state index is 0.205. The summed E-state index contributed by atoms with van der Waals surface area (Å²) in [5.74, 6) is 0.317. The number of halogens is 1. The second kappa shape index (κ2) is 2.94. The van der Waals surface area contributed by atoms with Crippen LogP contribution in [0.2, 0.25) is 0 Å². The summed E-state index contributed by atoms with van der Waals surface area (Å²) in [5, 5.41) is 0. The van der Waals surface area contributed by atoms with Gasteiger partial charge in [-0.15, -0.1) is 0 Å². The molecule has 1 saturated heterocycles. The van der Waals surface area contributed by atoms with Gasteiger partial charge in [0.05, 0.1) is 5.75 Å². The van der Waals surface area contributed by atoms with Crippen LogP contribution in [0.4, 0.5) is 0 Å². The van der Waals surface area contributed by atoms with Crippen LogP contribution in [-0.2, 0) is 9.84 Å². The van der Waals surface area contributed by atoms with Crippen LogP contribution in [0.5, 0.6) is 0 Å². The van der Waals surface area contributed by atoms with Gasteiger partial charge in [0.25, 0.3) is 0 Å². The first-order chi connectivity index (χ1) is 4.52. The second-order valence-electron chi connectivity index (χ2n) is 2.54. The molecule has 0 N–H and O–H groups in total. The SMILES string of the molecule is CN1CCS(=O)(=O)C(I)C1. The normalized spacial score (nSPS) is 34.0. The van der Waals surface area contributed by atoms with E-state index in [2.05, 4.69) is 0 Å². The molecule has 1 unspecified atom stereocenters. The standard InChI is InChI=1S/C5H10INO2S/c1-7-2-3-10(8,9)5(6)4-7/h5H,2-4H2,1H3. The smallest absolute Gasteiger partial charge is 0.164 e. The molecule has 0 aromatic rings. The molecule has 1 fully saturated rings. The number of rotatable bonds is 0. The lowest BCUT2D eigenvalue weighted by atomic mass is 10.6. The summed E-state index contributed by atoms with van der Waals surface area (Å²) >= 11 is 1.99. The Balaban J connectivity index is 2.70. The van der Waals surface area contributed by atoms with Gasteiger partial charge in [-0.3, -0.25) is 0 Å². The highest BCUT2D eigenvalue weighted by atomic mass is 127. The lowest BCUT2D eigenvalue weighted by molar-refractivity contribution is 0.357. The van der Waals surface area contributed by atoms with Crippen LogP contribution < -0.4 is 0 Å². The molecule has 0 radical (unpaired) electrons. The molecule has 10 heavy (non-hydrogen) atoms. The van der Waals surface area contributed by atoms with Gasteiger partial charge in [-0.25, -0.2) is 8.42 Å². The van der Waals surface area contributed by atoms with E-state index in [0.717, 1.165) is 0 Å². The molecule has 1 atom stereocenters. The maximum atomic E-state index is 11.1. The highest BCUT2D eigenvalue weighted by molar-refractivity contribution is 14.1. The molecule has 0 aromatic heterocycles. The van der Waals surface area contributed by atoms with E-state index in [0.29, 0.717) is 18.8 Å². The molecule has 0 aliphatic carbocycles. The number of hydrogen-bond donors (Lipinski definition) is 0. The number of alkyl halides is 1. The van der Waals surface area contributed by atoms with Crippen molar-refractivity contribution in [3.63, 3.8) is 0 Å². The lowest BCUT2D eigenvalue weighted by Crippen LogP contribution is -2.41. The molecule has 0 bridgehead atoms. The van der Waals surface area contributed by atoms with Crippen LogP contribution in [0.15, 0.2) is 0 Å². The predicted octanol–water partition coefficient (Wildman–Crippen LogP) is 0.108. The van der Waals surface area contributed by atoms with E-state index in [1.165, 1.54) is 0 Å². The summed E-state index contributed by atoms with van der Waals surface area (Å²) < 4.78 is 22.0. The lowest BCUT2D eigenvalue weighted by Gasteiger charge is -2.25. The predicted molar refractivity (Wildman–Crippen MR) is 49.1 cm³/mol. The van der Waals surface area contributed by atoms with Crippen molar-refractivity contribution in [3.8, 4) is 0 Å². The van der Waals surface area contributed by atoms with Gasteiger partial charge in [-0.1, -0.05) is 22.6 Å². The minimum Gasteiger partial charge on any atom is -0.303 e. The highest BCUT2D eigenvalue weighted by Crippen LogP contribution is 2.16. The van der Waals surface area contributed by atoms with Gasteiger partial charge in [0.15, 0.2) is 9.84 Å².